The van der Waals surface area contributed by atoms with Crippen molar-refractivity contribution in [2.75, 3.05) is 26.3 Å². The quantitative estimate of drug-likeness (QED) is 0.884. The average molecular weight is 260 g/mol. The number of nitrogens with zero attached hydrogens (tertiary/aromatic N) is 1. The van der Waals surface area contributed by atoms with Crippen molar-refractivity contribution in [3.8, 4) is 0 Å². The van der Waals surface area contributed by atoms with E-state index in [4.69, 9.17) is 4.74 Å². The normalized spacial score (nSPS) is 18.4. The highest BCUT2D eigenvalue weighted by molar-refractivity contribution is 5.76. The fourth-order valence-electron chi connectivity index (χ4n) is 2.85. The van der Waals surface area contributed by atoms with Gasteiger partial charge in [0.15, 0.2) is 0 Å². The summed E-state index contributed by atoms with van der Waals surface area (Å²) in [6, 6.07) is 6.42. The Labute approximate surface area is 113 Å². The van der Waals surface area contributed by atoms with Crippen LogP contribution in [0.2, 0.25) is 0 Å². The zero-order valence-corrected chi connectivity index (χ0v) is 11.2. The molecule has 2 heterocycles. The Morgan fingerprint density at radius 2 is 2.11 bits per heavy atom. The lowest BCUT2D eigenvalue weighted by atomic mass is 9.99. The molecule has 2 aliphatic heterocycles. The van der Waals surface area contributed by atoms with Gasteiger partial charge in [-0.1, -0.05) is 18.2 Å². The lowest BCUT2D eigenvalue weighted by Crippen LogP contribution is -2.40. The zero-order valence-electron chi connectivity index (χ0n) is 11.2. The maximum Gasteiger partial charge on any atom is 0.223 e. The standard InChI is InChI=1S/C15H20N2O2/c18-15(17-6-8-19-9-7-17)5-4-12-2-1-3-13-10-16-11-14(12)13/h1-3,16H,4-11H2. The van der Waals surface area contributed by atoms with Gasteiger partial charge < -0.3 is 15.0 Å². The van der Waals surface area contributed by atoms with E-state index in [1.807, 2.05) is 4.90 Å². The summed E-state index contributed by atoms with van der Waals surface area (Å²) in [6.07, 6.45) is 1.46. The predicted molar refractivity (Wildman–Crippen MR) is 72.7 cm³/mol. The number of ether oxygens (including phenoxy) is 1. The van der Waals surface area contributed by atoms with E-state index in [9.17, 15) is 4.79 Å². The van der Waals surface area contributed by atoms with Crippen molar-refractivity contribution in [1.29, 1.82) is 0 Å². The summed E-state index contributed by atoms with van der Waals surface area (Å²) in [4.78, 5) is 14.0. The van der Waals surface area contributed by atoms with E-state index in [-0.39, 0.29) is 5.91 Å². The maximum absolute atomic E-state index is 12.1. The number of nitrogens with one attached hydrogen (secondary N) is 1. The summed E-state index contributed by atoms with van der Waals surface area (Å²) in [5.41, 5.74) is 4.11. The summed E-state index contributed by atoms with van der Waals surface area (Å²) >= 11 is 0. The van der Waals surface area contributed by atoms with Gasteiger partial charge in [0.25, 0.3) is 0 Å². The van der Waals surface area contributed by atoms with Crippen molar-refractivity contribution in [2.45, 2.75) is 25.9 Å². The van der Waals surface area contributed by atoms with Crippen LogP contribution >= 0.6 is 0 Å². The second-order valence-electron chi connectivity index (χ2n) is 5.15. The summed E-state index contributed by atoms with van der Waals surface area (Å²) in [7, 11) is 0. The Balaban J connectivity index is 1.60. The molecule has 1 aromatic carbocycles. The molecule has 1 N–H and O–H groups in total. The Morgan fingerprint density at radius 1 is 1.26 bits per heavy atom. The van der Waals surface area contributed by atoms with Gasteiger partial charge in [0.05, 0.1) is 13.2 Å². The number of hydrogen-bond donors (Lipinski definition) is 1. The number of carbonyl (C=O) groups excluding carboxylic acids is 1. The highest BCUT2D eigenvalue weighted by atomic mass is 16.5. The number of benzene rings is 1. The molecule has 0 radical (unpaired) electrons. The summed E-state index contributed by atoms with van der Waals surface area (Å²) in [5, 5.41) is 3.37. The van der Waals surface area contributed by atoms with Crippen molar-refractivity contribution in [3.05, 3.63) is 34.9 Å². The molecule has 1 amide bonds. The number of morpholine rings is 1. The molecule has 2 aliphatic rings. The maximum atomic E-state index is 12.1. The van der Waals surface area contributed by atoms with Crippen molar-refractivity contribution in [2.24, 2.45) is 0 Å². The number of aryl methyl sites for hydroxylation is 1. The highest BCUT2D eigenvalue weighted by Gasteiger charge is 2.18. The van der Waals surface area contributed by atoms with Gasteiger partial charge in [-0.05, 0) is 23.1 Å². The van der Waals surface area contributed by atoms with Gasteiger partial charge in [0.2, 0.25) is 5.91 Å². The molecular weight excluding hydrogens is 240 g/mol. The van der Waals surface area contributed by atoms with Gasteiger partial charge in [0.1, 0.15) is 0 Å². The van der Waals surface area contributed by atoms with Crippen molar-refractivity contribution in [1.82, 2.24) is 10.2 Å². The SMILES string of the molecule is O=C(CCc1cccc2c1CNC2)N1CCOCC1. The Hall–Kier alpha value is -1.39. The first-order chi connectivity index (χ1) is 9.34. The van der Waals surface area contributed by atoms with Crippen LogP contribution in [0.4, 0.5) is 0 Å². The molecule has 0 aliphatic carbocycles. The van der Waals surface area contributed by atoms with E-state index in [0.29, 0.717) is 19.6 Å². The third-order valence-corrected chi connectivity index (χ3v) is 3.96. The van der Waals surface area contributed by atoms with E-state index < -0.39 is 0 Å². The van der Waals surface area contributed by atoms with Crippen molar-refractivity contribution >= 4 is 5.91 Å². The fraction of sp³-hybridized carbons (Fsp3) is 0.533. The molecule has 19 heavy (non-hydrogen) atoms. The number of amides is 1. The molecule has 1 saturated heterocycles. The van der Waals surface area contributed by atoms with Crippen LogP contribution in [0, 0.1) is 0 Å². The average Bonchev–Trinajstić information content (AvgIpc) is 2.94. The minimum atomic E-state index is 0.256. The molecule has 0 aromatic heterocycles. The fourth-order valence-corrected chi connectivity index (χ4v) is 2.85. The molecule has 3 rings (SSSR count). The molecule has 1 fully saturated rings. The van der Waals surface area contributed by atoms with Crippen molar-refractivity contribution in [3.63, 3.8) is 0 Å². The second kappa shape index (κ2) is 5.72. The summed E-state index contributed by atoms with van der Waals surface area (Å²) in [6.45, 7) is 4.74. The lowest BCUT2D eigenvalue weighted by molar-refractivity contribution is -0.135. The number of fused-ring (bicyclic) bond motifs is 1. The van der Waals surface area contributed by atoms with Crippen LogP contribution < -0.4 is 5.32 Å². The molecule has 0 bridgehead atoms. The molecule has 4 nitrogen and oxygen atoms in total. The monoisotopic (exact) mass is 260 g/mol. The first-order valence-electron chi connectivity index (χ1n) is 7.00. The van der Waals surface area contributed by atoms with Crippen LogP contribution in [-0.4, -0.2) is 37.1 Å². The minimum Gasteiger partial charge on any atom is -0.378 e. The number of carbonyl (C=O) groups is 1. The zero-order chi connectivity index (χ0) is 13.1. The van der Waals surface area contributed by atoms with E-state index in [1.165, 1.54) is 16.7 Å². The van der Waals surface area contributed by atoms with Gasteiger partial charge in [-0.15, -0.1) is 0 Å². The third kappa shape index (κ3) is 2.80. The van der Waals surface area contributed by atoms with Crippen LogP contribution in [0.1, 0.15) is 23.1 Å². The van der Waals surface area contributed by atoms with E-state index in [0.717, 1.165) is 32.6 Å². The Morgan fingerprint density at radius 3 is 2.95 bits per heavy atom. The molecule has 1 aromatic rings. The van der Waals surface area contributed by atoms with Gasteiger partial charge >= 0.3 is 0 Å². The van der Waals surface area contributed by atoms with Gasteiger partial charge in [-0.3, -0.25) is 4.79 Å². The summed E-state index contributed by atoms with van der Waals surface area (Å²) < 4.78 is 5.27. The molecule has 0 atom stereocenters. The van der Waals surface area contributed by atoms with E-state index in [2.05, 4.69) is 23.5 Å². The smallest absolute Gasteiger partial charge is 0.223 e. The minimum absolute atomic E-state index is 0.256. The van der Waals surface area contributed by atoms with Crippen molar-refractivity contribution < 1.29 is 9.53 Å². The second-order valence-corrected chi connectivity index (χ2v) is 5.15. The molecule has 0 spiro atoms. The van der Waals surface area contributed by atoms with Gasteiger partial charge in [-0.25, -0.2) is 0 Å². The van der Waals surface area contributed by atoms with Crippen LogP contribution in [-0.2, 0) is 29.0 Å². The van der Waals surface area contributed by atoms with Crippen LogP contribution in [0.15, 0.2) is 18.2 Å². The third-order valence-electron chi connectivity index (χ3n) is 3.96. The van der Waals surface area contributed by atoms with E-state index in [1.54, 1.807) is 0 Å². The molecule has 0 unspecified atom stereocenters. The molecule has 4 heteroatoms. The van der Waals surface area contributed by atoms with Crippen LogP contribution in [0.25, 0.3) is 0 Å². The lowest BCUT2D eigenvalue weighted by Gasteiger charge is -2.27. The first kappa shape index (κ1) is 12.6. The Bertz CT molecular complexity index is 467. The topological polar surface area (TPSA) is 41.6 Å². The Kier molecular flexibility index (Phi) is 3.80. The number of rotatable bonds is 3. The molecular formula is C15H20N2O2. The van der Waals surface area contributed by atoms with Crippen LogP contribution in [0.3, 0.4) is 0 Å². The van der Waals surface area contributed by atoms with Crippen LogP contribution in [0.5, 0.6) is 0 Å². The largest absolute Gasteiger partial charge is 0.378 e. The van der Waals surface area contributed by atoms with Gasteiger partial charge in [0, 0.05) is 32.6 Å². The van der Waals surface area contributed by atoms with E-state index >= 15 is 0 Å². The molecule has 102 valence electrons. The molecule has 0 saturated carbocycles. The summed E-state index contributed by atoms with van der Waals surface area (Å²) in [5.74, 6) is 0.256. The van der Waals surface area contributed by atoms with Gasteiger partial charge in [-0.2, -0.15) is 0 Å². The predicted octanol–water partition coefficient (Wildman–Crippen LogP) is 1.08. The first-order valence-corrected chi connectivity index (χ1v) is 7.00. The highest BCUT2D eigenvalue weighted by Crippen LogP contribution is 2.21. The number of hydrogen-bond acceptors (Lipinski definition) is 3.